The molecule has 2 atom stereocenters. The molecule has 6 nitrogen and oxygen atoms in total. The van der Waals surface area contributed by atoms with Gasteiger partial charge in [0.1, 0.15) is 11.0 Å². The molecule has 21 heavy (non-hydrogen) atoms. The second-order valence-electron chi connectivity index (χ2n) is 6.89. The SMILES string of the molecule is CCC1(C(=O)O)CC[N+](C(=O)O)(C(C)(C)C)CCCC1=O. The summed E-state index contributed by atoms with van der Waals surface area (Å²) < 4.78 is -0.199. The Labute approximate surface area is 125 Å². The summed E-state index contributed by atoms with van der Waals surface area (Å²) in [7, 11) is 0. The molecule has 0 radical (unpaired) electrons. The van der Waals surface area contributed by atoms with Crippen molar-refractivity contribution in [2.45, 2.75) is 58.9 Å². The Bertz CT molecular complexity index is 453. The lowest BCUT2D eigenvalue weighted by Crippen LogP contribution is -2.65. The highest BCUT2D eigenvalue weighted by molar-refractivity contribution is 6.03. The third-order valence-corrected chi connectivity index (χ3v) is 5.06. The summed E-state index contributed by atoms with van der Waals surface area (Å²) in [6.45, 7) is 7.73. The van der Waals surface area contributed by atoms with E-state index in [9.17, 15) is 24.6 Å². The van der Waals surface area contributed by atoms with E-state index in [1.807, 2.05) is 20.8 Å². The van der Waals surface area contributed by atoms with E-state index in [-0.39, 0.29) is 36.1 Å². The number of hydrogen-bond acceptors (Lipinski definition) is 3. The van der Waals surface area contributed by atoms with Gasteiger partial charge in [-0.15, -0.1) is 0 Å². The second kappa shape index (κ2) is 5.75. The molecule has 1 heterocycles. The molecule has 0 spiro atoms. The molecule has 120 valence electrons. The molecule has 6 heteroatoms. The highest BCUT2D eigenvalue weighted by Gasteiger charge is 2.53. The summed E-state index contributed by atoms with van der Waals surface area (Å²) in [5.41, 5.74) is -1.99. The van der Waals surface area contributed by atoms with Crippen LogP contribution in [0.25, 0.3) is 0 Å². The fourth-order valence-corrected chi connectivity index (χ4v) is 3.28. The van der Waals surface area contributed by atoms with E-state index >= 15 is 0 Å². The monoisotopic (exact) mass is 300 g/mol. The standard InChI is InChI=1S/C15H25NO5/c1-5-15(12(18)19)8-10-16(13(20)21,14(2,3)4)9-6-7-11(15)17/h5-10H2,1-4H3,(H-,18,19,20,21)/p+1. The van der Waals surface area contributed by atoms with Gasteiger partial charge in [-0.25, -0.2) is 4.48 Å². The minimum absolute atomic E-state index is 0.0707. The average molecular weight is 300 g/mol. The number of hydrogen-bond donors (Lipinski definition) is 2. The Balaban J connectivity index is 3.27. The highest BCUT2D eigenvalue weighted by Crippen LogP contribution is 2.37. The van der Waals surface area contributed by atoms with Crippen molar-refractivity contribution in [2.75, 3.05) is 13.1 Å². The van der Waals surface area contributed by atoms with Crippen LogP contribution in [0, 0.1) is 5.41 Å². The number of aliphatic carboxylic acids is 1. The van der Waals surface area contributed by atoms with Crippen LogP contribution in [-0.2, 0) is 9.59 Å². The normalized spacial score (nSPS) is 31.3. The molecular weight excluding hydrogens is 274 g/mol. The van der Waals surface area contributed by atoms with Crippen molar-refractivity contribution in [3.63, 3.8) is 0 Å². The van der Waals surface area contributed by atoms with E-state index in [2.05, 4.69) is 0 Å². The number of Topliss-reactive ketones (excluding diaryl/α,β-unsaturated/α-hetero) is 1. The number of quaternary nitrogens is 1. The number of carbonyl (C=O) groups excluding carboxylic acids is 1. The topological polar surface area (TPSA) is 91.7 Å². The van der Waals surface area contributed by atoms with Crippen LogP contribution in [0.15, 0.2) is 0 Å². The number of carbonyl (C=O) groups is 3. The Hall–Kier alpha value is -1.43. The summed E-state index contributed by atoms with van der Waals surface area (Å²) in [6, 6.07) is 0. The molecule has 1 fully saturated rings. The average Bonchev–Trinajstić information content (AvgIpc) is 2.32. The number of carboxylic acids is 1. The molecule has 0 bridgehead atoms. The first-order chi connectivity index (χ1) is 9.53. The molecule has 0 aromatic heterocycles. The van der Waals surface area contributed by atoms with Crippen molar-refractivity contribution in [1.29, 1.82) is 0 Å². The molecule has 2 unspecified atom stereocenters. The molecular formula is C15H26NO5+. The Morgan fingerprint density at radius 3 is 2.19 bits per heavy atom. The Morgan fingerprint density at radius 1 is 1.24 bits per heavy atom. The molecule has 0 saturated carbocycles. The van der Waals surface area contributed by atoms with Gasteiger partial charge in [-0.1, -0.05) is 6.92 Å². The zero-order valence-corrected chi connectivity index (χ0v) is 13.3. The van der Waals surface area contributed by atoms with E-state index < -0.39 is 23.0 Å². The lowest BCUT2D eigenvalue weighted by atomic mass is 9.74. The van der Waals surface area contributed by atoms with Crippen LogP contribution in [-0.4, -0.2) is 51.2 Å². The van der Waals surface area contributed by atoms with E-state index in [0.717, 1.165) is 0 Å². The second-order valence-corrected chi connectivity index (χ2v) is 6.89. The van der Waals surface area contributed by atoms with Crippen molar-refractivity contribution < 1.29 is 29.1 Å². The number of nitrogens with zero attached hydrogens (tertiary/aromatic N) is 1. The number of ketones is 1. The van der Waals surface area contributed by atoms with Gasteiger partial charge in [0.15, 0.2) is 5.78 Å². The van der Waals surface area contributed by atoms with E-state index in [4.69, 9.17) is 0 Å². The molecule has 1 aliphatic rings. The minimum atomic E-state index is -1.44. The first-order valence-corrected chi connectivity index (χ1v) is 7.41. The predicted molar refractivity (Wildman–Crippen MR) is 77.0 cm³/mol. The van der Waals surface area contributed by atoms with Crippen LogP contribution in [0.2, 0.25) is 0 Å². The molecule has 1 amide bonds. The minimum Gasteiger partial charge on any atom is -0.480 e. The highest BCUT2D eigenvalue weighted by atomic mass is 16.4. The third kappa shape index (κ3) is 2.81. The molecule has 0 aromatic carbocycles. The number of rotatable bonds is 2. The summed E-state index contributed by atoms with van der Waals surface area (Å²) in [5.74, 6) is -1.40. The maximum Gasteiger partial charge on any atom is 0.513 e. The van der Waals surface area contributed by atoms with Crippen LogP contribution in [0.3, 0.4) is 0 Å². The summed E-state index contributed by atoms with van der Waals surface area (Å²) in [4.78, 5) is 35.8. The number of likely N-dealkylation sites (tertiary alicyclic amines) is 1. The molecule has 1 rings (SSSR count). The van der Waals surface area contributed by atoms with Crippen molar-refractivity contribution in [3.8, 4) is 0 Å². The fraction of sp³-hybridized carbons (Fsp3) is 0.800. The Morgan fingerprint density at radius 2 is 1.81 bits per heavy atom. The van der Waals surface area contributed by atoms with Crippen LogP contribution in [0.1, 0.15) is 53.4 Å². The fourth-order valence-electron chi connectivity index (χ4n) is 3.28. The van der Waals surface area contributed by atoms with Gasteiger partial charge in [0, 0.05) is 19.3 Å². The molecule has 1 saturated heterocycles. The molecule has 0 aliphatic carbocycles. The summed E-state index contributed by atoms with van der Waals surface area (Å²) in [5, 5.41) is 19.2. The smallest absolute Gasteiger partial charge is 0.480 e. The summed E-state index contributed by atoms with van der Waals surface area (Å²) in [6.07, 6.45) is -0.153. The lowest BCUT2D eigenvalue weighted by molar-refractivity contribution is -0.904. The third-order valence-electron chi connectivity index (χ3n) is 5.06. The van der Waals surface area contributed by atoms with Gasteiger partial charge in [0.2, 0.25) is 0 Å². The molecule has 2 N–H and O–H groups in total. The van der Waals surface area contributed by atoms with Crippen LogP contribution in [0.4, 0.5) is 4.79 Å². The van der Waals surface area contributed by atoms with Crippen molar-refractivity contribution in [1.82, 2.24) is 0 Å². The van der Waals surface area contributed by atoms with Crippen molar-refractivity contribution >= 4 is 17.8 Å². The largest absolute Gasteiger partial charge is 0.513 e. The van der Waals surface area contributed by atoms with Gasteiger partial charge < -0.3 is 10.2 Å². The van der Waals surface area contributed by atoms with Gasteiger partial charge in [-0.2, -0.15) is 4.79 Å². The molecule has 1 aliphatic heterocycles. The van der Waals surface area contributed by atoms with E-state index in [0.29, 0.717) is 13.0 Å². The number of amides is 1. The maximum atomic E-state index is 12.3. The number of carboxylic acid groups (broad SMARTS) is 2. The van der Waals surface area contributed by atoms with Crippen LogP contribution in [0.5, 0.6) is 0 Å². The van der Waals surface area contributed by atoms with Crippen LogP contribution >= 0.6 is 0 Å². The van der Waals surface area contributed by atoms with E-state index in [1.165, 1.54) is 0 Å². The van der Waals surface area contributed by atoms with Crippen molar-refractivity contribution in [3.05, 3.63) is 0 Å². The zero-order chi connectivity index (χ0) is 16.5. The van der Waals surface area contributed by atoms with Gasteiger partial charge >= 0.3 is 12.1 Å². The zero-order valence-electron chi connectivity index (χ0n) is 13.3. The maximum absolute atomic E-state index is 12.3. The van der Waals surface area contributed by atoms with Gasteiger partial charge in [-0.3, -0.25) is 9.59 Å². The van der Waals surface area contributed by atoms with Gasteiger partial charge in [-0.05, 0) is 27.2 Å². The van der Waals surface area contributed by atoms with Crippen LogP contribution < -0.4 is 0 Å². The Kier molecular flexibility index (Phi) is 4.83. The van der Waals surface area contributed by atoms with Gasteiger partial charge in [0.25, 0.3) is 0 Å². The summed E-state index contributed by atoms with van der Waals surface area (Å²) >= 11 is 0. The van der Waals surface area contributed by atoms with Crippen molar-refractivity contribution in [2.24, 2.45) is 5.41 Å². The quantitative estimate of drug-likeness (QED) is 0.604. The van der Waals surface area contributed by atoms with Gasteiger partial charge in [0.05, 0.1) is 13.1 Å². The lowest BCUT2D eigenvalue weighted by Gasteiger charge is -2.46. The first-order valence-electron chi connectivity index (χ1n) is 7.41. The molecule has 0 aromatic rings. The predicted octanol–water partition coefficient (Wildman–Crippen LogP) is 2.51. The van der Waals surface area contributed by atoms with E-state index in [1.54, 1.807) is 6.92 Å². The first kappa shape index (κ1) is 17.6.